The number of nitrogens with one attached hydrogen (secondary N) is 2. The van der Waals surface area contributed by atoms with Crippen molar-refractivity contribution >= 4 is 5.91 Å². The van der Waals surface area contributed by atoms with Gasteiger partial charge in [-0.05, 0) is 30.9 Å². The highest BCUT2D eigenvalue weighted by Gasteiger charge is 2.34. The number of carbonyl (C=O) groups excluding carboxylic acids is 1. The van der Waals surface area contributed by atoms with Crippen molar-refractivity contribution in [1.82, 2.24) is 10.6 Å². The maximum Gasteiger partial charge on any atom is 0.237 e. The number of rotatable bonds is 2. The minimum Gasteiger partial charge on any atom is -0.379 e. The molecule has 2 unspecified atom stereocenters. The first-order chi connectivity index (χ1) is 9.16. The van der Waals surface area contributed by atoms with Crippen LogP contribution in [0, 0.1) is 0 Å². The number of carbonyl (C=O) groups is 1. The molecule has 2 N–H and O–H groups in total. The van der Waals surface area contributed by atoms with E-state index in [0.29, 0.717) is 6.61 Å². The molecule has 0 radical (unpaired) electrons. The Morgan fingerprint density at radius 2 is 2.21 bits per heavy atom. The van der Waals surface area contributed by atoms with Gasteiger partial charge in [0.25, 0.3) is 0 Å². The van der Waals surface area contributed by atoms with Crippen molar-refractivity contribution < 1.29 is 9.53 Å². The molecule has 0 spiro atoms. The van der Waals surface area contributed by atoms with Crippen molar-refractivity contribution in [2.45, 2.75) is 37.9 Å². The van der Waals surface area contributed by atoms with Gasteiger partial charge in [0.1, 0.15) is 0 Å². The second-order valence-electron chi connectivity index (χ2n) is 5.76. The van der Waals surface area contributed by atoms with E-state index >= 15 is 0 Å². The smallest absolute Gasteiger partial charge is 0.237 e. The summed E-state index contributed by atoms with van der Waals surface area (Å²) >= 11 is 0. The van der Waals surface area contributed by atoms with Gasteiger partial charge in [-0.1, -0.05) is 24.3 Å². The zero-order valence-corrected chi connectivity index (χ0v) is 11.2. The Labute approximate surface area is 113 Å². The Hall–Kier alpha value is -1.39. The number of ether oxygens (including phenoxy) is 1. The second-order valence-corrected chi connectivity index (χ2v) is 5.76. The van der Waals surface area contributed by atoms with Crippen molar-refractivity contribution in [3.05, 3.63) is 35.4 Å². The summed E-state index contributed by atoms with van der Waals surface area (Å²) in [7, 11) is 0. The molecule has 4 nitrogen and oxygen atoms in total. The molecular weight excluding hydrogens is 240 g/mol. The molecule has 4 heteroatoms. The fourth-order valence-corrected chi connectivity index (χ4v) is 2.79. The first-order valence-electron chi connectivity index (χ1n) is 6.86. The van der Waals surface area contributed by atoms with Crippen LogP contribution in [0.5, 0.6) is 0 Å². The minimum atomic E-state index is -0.199. The molecule has 1 amide bonds. The lowest BCUT2D eigenvalue weighted by atomic mass is 9.94. The molecule has 3 rings (SSSR count). The third kappa shape index (κ3) is 2.65. The standard InChI is InChI=1S/C15H20N2O2/c1-15(6-7-19-10-15)17-14(18)13-8-11-4-2-3-5-12(11)9-16-13/h2-5,13,16H,6-10H2,1H3,(H,17,18). The molecule has 2 aliphatic heterocycles. The number of hydrogen-bond acceptors (Lipinski definition) is 3. The van der Waals surface area contributed by atoms with Crippen molar-refractivity contribution in [3.63, 3.8) is 0 Å². The molecule has 1 aromatic rings. The van der Waals surface area contributed by atoms with Crippen LogP contribution in [0.15, 0.2) is 24.3 Å². The largest absolute Gasteiger partial charge is 0.379 e. The van der Waals surface area contributed by atoms with Gasteiger partial charge in [0.05, 0.1) is 18.2 Å². The van der Waals surface area contributed by atoms with Crippen molar-refractivity contribution in [3.8, 4) is 0 Å². The highest BCUT2D eigenvalue weighted by atomic mass is 16.5. The summed E-state index contributed by atoms with van der Waals surface area (Å²) in [5.41, 5.74) is 2.37. The molecule has 1 fully saturated rings. The highest BCUT2D eigenvalue weighted by molar-refractivity contribution is 5.83. The fraction of sp³-hybridized carbons (Fsp3) is 0.533. The fourth-order valence-electron chi connectivity index (χ4n) is 2.79. The molecule has 2 atom stereocenters. The zero-order chi connectivity index (χ0) is 13.3. The van der Waals surface area contributed by atoms with Gasteiger partial charge in [-0.25, -0.2) is 0 Å². The van der Waals surface area contributed by atoms with Gasteiger partial charge in [-0.15, -0.1) is 0 Å². The van der Waals surface area contributed by atoms with Crippen LogP contribution < -0.4 is 10.6 Å². The number of benzene rings is 1. The van der Waals surface area contributed by atoms with E-state index in [9.17, 15) is 4.79 Å². The third-order valence-electron chi connectivity index (χ3n) is 4.04. The van der Waals surface area contributed by atoms with E-state index in [-0.39, 0.29) is 17.5 Å². The predicted octanol–water partition coefficient (Wildman–Crippen LogP) is 0.996. The van der Waals surface area contributed by atoms with E-state index in [4.69, 9.17) is 4.74 Å². The van der Waals surface area contributed by atoms with E-state index in [2.05, 4.69) is 29.7 Å². The van der Waals surface area contributed by atoms with Crippen molar-refractivity contribution in [2.75, 3.05) is 13.2 Å². The second kappa shape index (κ2) is 4.94. The quantitative estimate of drug-likeness (QED) is 0.834. The molecule has 0 aliphatic carbocycles. The number of hydrogen-bond donors (Lipinski definition) is 2. The van der Waals surface area contributed by atoms with Gasteiger partial charge in [0.2, 0.25) is 5.91 Å². The minimum absolute atomic E-state index is 0.0857. The summed E-state index contributed by atoms with van der Waals surface area (Å²) in [6.07, 6.45) is 1.65. The average Bonchev–Trinajstić information content (AvgIpc) is 2.84. The van der Waals surface area contributed by atoms with Crippen molar-refractivity contribution in [2.24, 2.45) is 0 Å². The summed E-state index contributed by atoms with van der Waals surface area (Å²) in [5, 5.41) is 6.44. The molecule has 1 aromatic carbocycles. The summed E-state index contributed by atoms with van der Waals surface area (Å²) in [6.45, 7) is 4.16. The van der Waals surface area contributed by atoms with Gasteiger partial charge in [-0.3, -0.25) is 4.79 Å². The van der Waals surface area contributed by atoms with E-state index in [0.717, 1.165) is 26.0 Å². The lowest BCUT2D eigenvalue weighted by molar-refractivity contribution is -0.125. The van der Waals surface area contributed by atoms with Crippen molar-refractivity contribution in [1.29, 1.82) is 0 Å². The van der Waals surface area contributed by atoms with Crippen LogP contribution in [0.4, 0.5) is 0 Å². The molecule has 1 saturated heterocycles. The van der Waals surface area contributed by atoms with E-state index in [1.54, 1.807) is 0 Å². The molecule has 2 aliphatic rings. The van der Waals surface area contributed by atoms with Crippen LogP contribution >= 0.6 is 0 Å². The Morgan fingerprint density at radius 3 is 2.95 bits per heavy atom. The molecule has 2 heterocycles. The normalized spacial score (nSPS) is 29.8. The van der Waals surface area contributed by atoms with Crippen LogP contribution in [0.2, 0.25) is 0 Å². The monoisotopic (exact) mass is 260 g/mol. The maximum absolute atomic E-state index is 12.3. The predicted molar refractivity (Wildman–Crippen MR) is 72.8 cm³/mol. The van der Waals surface area contributed by atoms with Gasteiger partial charge >= 0.3 is 0 Å². The topological polar surface area (TPSA) is 50.4 Å². The van der Waals surface area contributed by atoms with Gasteiger partial charge in [0, 0.05) is 13.2 Å². The van der Waals surface area contributed by atoms with Gasteiger partial charge in [0.15, 0.2) is 0 Å². The molecule has 0 saturated carbocycles. The zero-order valence-electron chi connectivity index (χ0n) is 11.2. The maximum atomic E-state index is 12.3. The summed E-state index contributed by atoms with van der Waals surface area (Å²) in [4.78, 5) is 12.3. The Bertz CT molecular complexity index is 481. The number of fused-ring (bicyclic) bond motifs is 1. The Morgan fingerprint density at radius 1 is 1.42 bits per heavy atom. The van der Waals surface area contributed by atoms with Crippen LogP contribution in [-0.2, 0) is 22.5 Å². The van der Waals surface area contributed by atoms with Crippen LogP contribution in [0.25, 0.3) is 0 Å². The summed E-state index contributed by atoms with van der Waals surface area (Å²) in [6, 6.07) is 8.16. The lowest BCUT2D eigenvalue weighted by Crippen LogP contribution is -2.55. The van der Waals surface area contributed by atoms with Crippen LogP contribution in [0.1, 0.15) is 24.5 Å². The van der Waals surface area contributed by atoms with E-state index in [1.165, 1.54) is 11.1 Å². The molecule has 0 bridgehead atoms. The van der Waals surface area contributed by atoms with Gasteiger partial charge in [-0.2, -0.15) is 0 Å². The Kier molecular flexibility index (Phi) is 3.29. The molecule has 102 valence electrons. The average molecular weight is 260 g/mol. The third-order valence-corrected chi connectivity index (χ3v) is 4.04. The molecule has 0 aromatic heterocycles. The first kappa shape index (κ1) is 12.6. The first-order valence-corrected chi connectivity index (χ1v) is 6.86. The molecule has 19 heavy (non-hydrogen) atoms. The summed E-state index contributed by atoms with van der Waals surface area (Å²) in [5.74, 6) is 0.0857. The van der Waals surface area contributed by atoms with E-state index < -0.39 is 0 Å². The number of amides is 1. The Balaban J connectivity index is 1.66. The SMILES string of the molecule is CC1(NC(=O)C2Cc3ccccc3CN2)CCOC1. The van der Waals surface area contributed by atoms with Gasteiger partial charge < -0.3 is 15.4 Å². The highest BCUT2D eigenvalue weighted by Crippen LogP contribution is 2.20. The lowest BCUT2D eigenvalue weighted by Gasteiger charge is -2.30. The van der Waals surface area contributed by atoms with Crippen LogP contribution in [-0.4, -0.2) is 30.7 Å². The summed E-state index contributed by atoms with van der Waals surface area (Å²) < 4.78 is 5.37. The van der Waals surface area contributed by atoms with Crippen LogP contribution in [0.3, 0.4) is 0 Å². The molecular formula is C15H20N2O2. The van der Waals surface area contributed by atoms with E-state index in [1.807, 2.05) is 12.1 Å².